The first-order valence-corrected chi connectivity index (χ1v) is 10.7. The number of amides is 1. The van der Waals surface area contributed by atoms with Gasteiger partial charge in [0.15, 0.2) is 5.82 Å². The smallest absolute Gasteiger partial charge is 0.270 e. The van der Waals surface area contributed by atoms with Gasteiger partial charge in [-0.25, -0.2) is 17.7 Å². The van der Waals surface area contributed by atoms with Gasteiger partial charge in [-0.3, -0.25) is 4.79 Å². The third-order valence-electron chi connectivity index (χ3n) is 4.06. The Labute approximate surface area is 149 Å². The van der Waals surface area contributed by atoms with E-state index < -0.39 is 10.0 Å². The number of carbonyl (C=O) groups excluding carboxylic acids is 1. The number of carbonyl (C=O) groups is 1. The Balaban J connectivity index is 1.47. The quantitative estimate of drug-likeness (QED) is 0.775. The second-order valence-electron chi connectivity index (χ2n) is 5.86. The lowest BCUT2D eigenvalue weighted by Gasteiger charge is -2.28. The van der Waals surface area contributed by atoms with E-state index >= 15 is 0 Å². The average molecular weight is 385 g/mol. The molecule has 0 unspecified atom stereocenters. The Hall–Kier alpha value is -1.85. The molecule has 0 radical (unpaired) electrons. The summed E-state index contributed by atoms with van der Waals surface area (Å²) in [5.41, 5.74) is 2.00. The summed E-state index contributed by atoms with van der Waals surface area (Å²) >= 11 is 1.36. The van der Waals surface area contributed by atoms with Crippen molar-refractivity contribution >= 4 is 27.3 Å². The molecule has 1 amide bonds. The third-order valence-corrected chi connectivity index (χ3v) is 5.95. The number of rotatable bonds is 6. The monoisotopic (exact) mass is 385 g/mol. The van der Waals surface area contributed by atoms with E-state index in [0.717, 1.165) is 0 Å². The molecule has 0 spiro atoms. The minimum atomic E-state index is -3.14. The van der Waals surface area contributed by atoms with Gasteiger partial charge in [0, 0.05) is 37.4 Å². The van der Waals surface area contributed by atoms with Crippen molar-refractivity contribution in [3.05, 3.63) is 28.3 Å². The number of sulfonamides is 1. The molecular weight excluding hydrogens is 366 g/mol. The van der Waals surface area contributed by atoms with Crippen molar-refractivity contribution in [2.24, 2.45) is 0 Å². The van der Waals surface area contributed by atoms with Crippen molar-refractivity contribution in [2.45, 2.75) is 25.2 Å². The molecule has 136 valence electrons. The van der Waals surface area contributed by atoms with Gasteiger partial charge in [-0.2, -0.15) is 4.98 Å². The molecule has 0 aliphatic carbocycles. The fraction of sp³-hybridized carbons (Fsp3) is 0.571. The first-order valence-electron chi connectivity index (χ1n) is 7.87. The highest BCUT2D eigenvalue weighted by atomic mass is 32.2. The van der Waals surface area contributed by atoms with Crippen LogP contribution >= 0.6 is 11.3 Å². The standard InChI is InChI=1S/C14H19N5O4S2/c1-25(21,22)19-6-3-10(4-7-19)13-17-12(23-18-13)2-5-15-14(20)11-8-24-9-16-11/h8-10H,2-7H2,1H3,(H,15,20). The summed E-state index contributed by atoms with van der Waals surface area (Å²) in [6.45, 7) is 1.32. The summed E-state index contributed by atoms with van der Waals surface area (Å²) in [4.78, 5) is 20.1. The van der Waals surface area contributed by atoms with Crippen LogP contribution in [0.5, 0.6) is 0 Å². The van der Waals surface area contributed by atoms with Crippen LogP contribution in [0.3, 0.4) is 0 Å². The average Bonchev–Trinajstić information content (AvgIpc) is 3.26. The molecule has 0 bridgehead atoms. The lowest BCUT2D eigenvalue weighted by Crippen LogP contribution is -2.37. The summed E-state index contributed by atoms with van der Waals surface area (Å²) in [5, 5.41) is 8.43. The van der Waals surface area contributed by atoms with E-state index in [1.165, 1.54) is 21.9 Å². The minimum Gasteiger partial charge on any atom is -0.350 e. The highest BCUT2D eigenvalue weighted by molar-refractivity contribution is 7.88. The lowest BCUT2D eigenvalue weighted by atomic mass is 9.97. The maximum absolute atomic E-state index is 11.8. The molecule has 1 aliphatic rings. The van der Waals surface area contributed by atoms with Gasteiger partial charge in [0.25, 0.3) is 5.91 Å². The van der Waals surface area contributed by atoms with E-state index in [1.807, 2.05) is 0 Å². The van der Waals surface area contributed by atoms with Gasteiger partial charge in [0.1, 0.15) is 5.69 Å². The van der Waals surface area contributed by atoms with Crippen LogP contribution in [0, 0.1) is 0 Å². The van der Waals surface area contributed by atoms with E-state index in [-0.39, 0.29) is 11.8 Å². The topological polar surface area (TPSA) is 118 Å². The molecule has 0 saturated carbocycles. The molecule has 1 saturated heterocycles. The zero-order valence-corrected chi connectivity index (χ0v) is 15.3. The van der Waals surface area contributed by atoms with Crippen LogP contribution in [0.2, 0.25) is 0 Å². The zero-order valence-electron chi connectivity index (χ0n) is 13.7. The van der Waals surface area contributed by atoms with Crippen LogP contribution in [0.25, 0.3) is 0 Å². The van der Waals surface area contributed by atoms with Crippen molar-refractivity contribution in [1.82, 2.24) is 24.7 Å². The van der Waals surface area contributed by atoms with Gasteiger partial charge >= 0.3 is 0 Å². The molecule has 1 aliphatic heterocycles. The Morgan fingerprint density at radius 3 is 2.84 bits per heavy atom. The van der Waals surface area contributed by atoms with Gasteiger partial charge in [0.05, 0.1) is 11.8 Å². The minimum absolute atomic E-state index is 0.0973. The van der Waals surface area contributed by atoms with Crippen molar-refractivity contribution < 1.29 is 17.7 Å². The summed E-state index contributed by atoms with van der Waals surface area (Å²) in [7, 11) is -3.14. The number of aromatic nitrogens is 3. The van der Waals surface area contributed by atoms with E-state index in [4.69, 9.17) is 4.52 Å². The molecule has 1 fully saturated rings. The van der Waals surface area contributed by atoms with Crippen molar-refractivity contribution in [3.8, 4) is 0 Å². The van der Waals surface area contributed by atoms with Crippen LogP contribution in [-0.2, 0) is 16.4 Å². The van der Waals surface area contributed by atoms with Gasteiger partial charge < -0.3 is 9.84 Å². The summed E-state index contributed by atoms with van der Waals surface area (Å²) in [6, 6.07) is 0. The number of piperidine rings is 1. The van der Waals surface area contributed by atoms with Crippen molar-refractivity contribution in [3.63, 3.8) is 0 Å². The van der Waals surface area contributed by atoms with Crippen LogP contribution in [0.1, 0.15) is 41.0 Å². The first-order chi connectivity index (χ1) is 11.9. The Morgan fingerprint density at radius 1 is 1.44 bits per heavy atom. The molecule has 0 atom stereocenters. The molecular formula is C14H19N5O4S2. The highest BCUT2D eigenvalue weighted by Gasteiger charge is 2.28. The van der Waals surface area contributed by atoms with Crippen LogP contribution in [0.15, 0.2) is 15.4 Å². The number of nitrogens with zero attached hydrogens (tertiary/aromatic N) is 4. The zero-order chi connectivity index (χ0) is 17.9. The molecule has 2 aromatic rings. The van der Waals surface area contributed by atoms with Gasteiger partial charge in [0.2, 0.25) is 15.9 Å². The summed E-state index contributed by atoms with van der Waals surface area (Å²) < 4.78 is 29.8. The predicted octanol–water partition coefficient (Wildman–Crippen LogP) is 0.638. The second-order valence-corrected chi connectivity index (χ2v) is 8.56. The first kappa shape index (κ1) is 18.0. The fourth-order valence-corrected chi connectivity index (χ4v) is 4.09. The molecule has 1 N–H and O–H groups in total. The third kappa shape index (κ3) is 4.61. The molecule has 11 heteroatoms. The fourth-order valence-electron chi connectivity index (χ4n) is 2.68. The van der Waals surface area contributed by atoms with Crippen LogP contribution in [-0.4, -0.2) is 59.6 Å². The Kier molecular flexibility index (Phi) is 5.45. The lowest BCUT2D eigenvalue weighted by molar-refractivity contribution is 0.0949. The van der Waals surface area contributed by atoms with Crippen LogP contribution < -0.4 is 5.32 Å². The Bertz CT molecular complexity index is 810. The molecule has 0 aromatic carbocycles. The SMILES string of the molecule is CS(=O)(=O)N1CCC(c2noc(CCNC(=O)c3cscn3)n2)CC1. The molecule has 3 heterocycles. The predicted molar refractivity (Wildman–Crippen MR) is 90.8 cm³/mol. The summed E-state index contributed by atoms with van der Waals surface area (Å²) in [5.74, 6) is 0.933. The van der Waals surface area contributed by atoms with E-state index in [2.05, 4.69) is 20.4 Å². The number of hydrogen-bond donors (Lipinski definition) is 1. The second kappa shape index (κ2) is 7.58. The maximum Gasteiger partial charge on any atom is 0.270 e. The Morgan fingerprint density at radius 2 is 2.20 bits per heavy atom. The highest BCUT2D eigenvalue weighted by Crippen LogP contribution is 2.26. The van der Waals surface area contributed by atoms with Gasteiger partial charge in [-0.05, 0) is 12.8 Å². The van der Waals surface area contributed by atoms with Gasteiger partial charge in [-0.15, -0.1) is 11.3 Å². The van der Waals surface area contributed by atoms with E-state index in [1.54, 1.807) is 10.9 Å². The number of nitrogens with one attached hydrogen (secondary N) is 1. The van der Waals surface area contributed by atoms with Crippen LogP contribution in [0.4, 0.5) is 0 Å². The molecule has 2 aromatic heterocycles. The number of thiazole rings is 1. The normalized spacial score (nSPS) is 16.8. The molecule has 9 nitrogen and oxygen atoms in total. The van der Waals surface area contributed by atoms with E-state index in [0.29, 0.717) is 56.3 Å². The molecule has 3 rings (SSSR count). The maximum atomic E-state index is 11.8. The van der Waals surface area contributed by atoms with E-state index in [9.17, 15) is 13.2 Å². The summed E-state index contributed by atoms with van der Waals surface area (Å²) in [6.07, 6.45) is 3.00. The van der Waals surface area contributed by atoms with Crippen molar-refractivity contribution in [1.29, 1.82) is 0 Å². The van der Waals surface area contributed by atoms with Crippen molar-refractivity contribution in [2.75, 3.05) is 25.9 Å². The largest absolute Gasteiger partial charge is 0.350 e. The number of hydrogen-bond acceptors (Lipinski definition) is 8. The van der Waals surface area contributed by atoms with Gasteiger partial charge in [-0.1, -0.05) is 5.16 Å². The molecule has 25 heavy (non-hydrogen) atoms.